The molecule has 2 atom stereocenters. The molecule has 3 aliphatic rings. The molecule has 3 fully saturated rings. The lowest BCUT2D eigenvalue weighted by Gasteiger charge is -2.08. The minimum atomic E-state index is 0.371. The van der Waals surface area contributed by atoms with E-state index >= 15 is 0 Å². The number of nitrogens with one attached hydrogen (secondary N) is 1. The van der Waals surface area contributed by atoms with Crippen LogP contribution in [-0.4, -0.2) is 27.9 Å². The van der Waals surface area contributed by atoms with Crippen LogP contribution in [0.3, 0.4) is 0 Å². The zero-order valence-corrected chi connectivity index (χ0v) is 13.6. The molecule has 23 heavy (non-hydrogen) atoms. The highest BCUT2D eigenvalue weighted by Crippen LogP contribution is 2.56. The number of nitrogens with zero attached hydrogens (tertiary/aromatic N) is 3. The summed E-state index contributed by atoms with van der Waals surface area (Å²) in [6.45, 7) is 3.35. The van der Waals surface area contributed by atoms with Crippen LogP contribution >= 0.6 is 11.6 Å². The number of hydrogen-bond donors (Lipinski definition) is 2. The highest BCUT2D eigenvalue weighted by atomic mass is 35.5. The molecule has 0 radical (unpaired) electrons. The summed E-state index contributed by atoms with van der Waals surface area (Å²) in [6, 6.07) is 4.11. The highest BCUT2D eigenvalue weighted by molar-refractivity contribution is 6.33. The van der Waals surface area contributed by atoms with Crippen molar-refractivity contribution in [3.8, 4) is 11.3 Å². The minimum absolute atomic E-state index is 0.371. The van der Waals surface area contributed by atoms with Gasteiger partial charge in [-0.1, -0.05) is 11.6 Å². The Morgan fingerprint density at radius 3 is 2.74 bits per heavy atom. The number of rotatable bonds is 4. The van der Waals surface area contributed by atoms with Crippen molar-refractivity contribution in [2.75, 3.05) is 18.8 Å². The maximum absolute atomic E-state index is 6.13. The second-order valence-electron chi connectivity index (χ2n) is 7.18. The number of aromatic nitrogens is 3. The molecule has 5 nitrogen and oxygen atoms in total. The third-order valence-corrected chi connectivity index (χ3v) is 5.84. The van der Waals surface area contributed by atoms with Crippen molar-refractivity contribution in [3.05, 3.63) is 29.0 Å². The van der Waals surface area contributed by atoms with E-state index in [-0.39, 0.29) is 0 Å². The fraction of sp³-hybridized carbons (Fsp3) is 0.529. The molecule has 2 unspecified atom stereocenters. The second-order valence-corrected chi connectivity index (χ2v) is 7.59. The summed E-state index contributed by atoms with van der Waals surface area (Å²) in [5, 5.41) is 8.85. The molecule has 6 heteroatoms. The zero-order valence-electron chi connectivity index (χ0n) is 12.9. The second kappa shape index (κ2) is 4.95. The summed E-state index contributed by atoms with van der Waals surface area (Å²) in [4.78, 5) is 4.17. The van der Waals surface area contributed by atoms with Crippen molar-refractivity contribution in [2.24, 2.45) is 17.8 Å². The lowest BCUT2D eigenvalue weighted by Crippen LogP contribution is -2.16. The smallest absolute Gasteiger partial charge is 0.142 e. The number of piperidine rings is 1. The van der Waals surface area contributed by atoms with Crippen LogP contribution in [0.15, 0.2) is 18.3 Å². The molecule has 120 valence electrons. The number of nitrogen functional groups attached to an aromatic ring is 1. The van der Waals surface area contributed by atoms with Crippen LogP contribution in [0.4, 0.5) is 5.82 Å². The monoisotopic (exact) mass is 329 g/mol. The third kappa shape index (κ3) is 2.34. The normalized spacial score (nSPS) is 28.8. The van der Waals surface area contributed by atoms with Crippen LogP contribution < -0.4 is 11.1 Å². The van der Waals surface area contributed by atoms with Gasteiger partial charge in [-0.3, -0.25) is 4.68 Å². The fourth-order valence-corrected chi connectivity index (χ4v) is 4.14. The number of fused-ring (bicyclic) bond motifs is 1. The molecule has 2 aliphatic carbocycles. The van der Waals surface area contributed by atoms with Gasteiger partial charge in [-0.15, -0.1) is 0 Å². The van der Waals surface area contributed by atoms with Crippen LogP contribution in [-0.2, 0) is 6.54 Å². The summed E-state index contributed by atoms with van der Waals surface area (Å²) in [5.74, 6) is 3.45. The van der Waals surface area contributed by atoms with Gasteiger partial charge in [0.25, 0.3) is 0 Å². The van der Waals surface area contributed by atoms with Crippen molar-refractivity contribution in [1.82, 2.24) is 20.1 Å². The maximum Gasteiger partial charge on any atom is 0.142 e. The largest absolute Gasteiger partial charge is 0.382 e. The summed E-state index contributed by atoms with van der Waals surface area (Å²) in [5.41, 5.74) is 9.03. The average molecular weight is 330 g/mol. The molecule has 0 bridgehead atoms. The molecular formula is C17H20ClN5. The standard InChI is InChI=1S/C17H20ClN5/c18-13-3-10(5-21-17(13)19)14-4-15(16-11-6-20-7-12(11)16)23(22-14)8-9-1-2-9/h3-5,9,11-12,16,20H,1-2,6-8H2,(H2,19,21). The van der Waals surface area contributed by atoms with E-state index in [2.05, 4.69) is 21.0 Å². The quantitative estimate of drug-likeness (QED) is 0.904. The van der Waals surface area contributed by atoms with Crippen molar-refractivity contribution in [2.45, 2.75) is 25.3 Å². The molecule has 0 amide bonds. The Balaban J connectivity index is 1.51. The maximum atomic E-state index is 6.13. The highest BCUT2D eigenvalue weighted by Gasteiger charge is 2.55. The predicted molar refractivity (Wildman–Crippen MR) is 90.2 cm³/mol. The summed E-state index contributed by atoms with van der Waals surface area (Å²) < 4.78 is 2.25. The first-order valence-electron chi connectivity index (χ1n) is 8.40. The van der Waals surface area contributed by atoms with Gasteiger partial charge in [0.2, 0.25) is 0 Å². The van der Waals surface area contributed by atoms with Gasteiger partial charge >= 0.3 is 0 Å². The van der Waals surface area contributed by atoms with Crippen molar-refractivity contribution >= 4 is 17.4 Å². The Kier molecular flexibility index (Phi) is 2.97. The third-order valence-electron chi connectivity index (χ3n) is 5.54. The van der Waals surface area contributed by atoms with E-state index in [9.17, 15) is 0 Å². The first-order chi connectivity index (χ1) is 11.2. The van der Waals surface area contributed by atoms with E-state index in [1.807, 2.05) is 6.07 Å². The van der Waals surface area contributed by atoms with Crippen molar-refractivity contribution < 1.29 is 0 Å². The van der Waals surface area contributed by atoms with Gasteiger partial charge in [0.1, 0.15) is 5.82 Å². The molecule has 2 aromatic heterocycles. The van der Waals surface area contributed by atoms with E-state index in [1.165, 1.54) is 18.5 Å². The Bertz CT molecular complexity index is 756. The van der Waals surface area contributed by atoms with Crippen LogP contribution in [0, 0.1) is 17.8 Å². The van der Waals surface area contributed by atoms with E-state index < -0.39 is 0 Å². The van der Waals surface area contributed by atoms with Gasteiger partial charge in [-0.25, -0.2) is 4.98 Å². The van der Waals surface area contributed by atoms with Crippen LogP contribution in [0.2, 0.25) is 5.02 Å². The molecular weight excluding hydrogens is 310 g/mol. The van der Waals surface area contributed by atoms with Gasteiger partial charge in [0.15, 0.2) is 0 Å². The Hall–Kier alpha value is -1.59. The zero-order chi connectivity index (χ0) is 15.6. The van der Waals surface area contributed by atoms with Crippen molar-refractivity contribution in [3.63, 3.8) is 0 Å². The van der Waals surface area contributed by atoms with E-state index in [1.54, 1.807) is 6.20 Å². The minimum Gasteiger partial charge on any atom is -0.382 e. The van der Waals surface area contributed by atoms with E-state index in [0.717, 1.165) is 48.6 Å². The molecule has 3 N–H and O–H groups in total. The first kappa shape index (κ1) is 13.8. The number of pyridine rings is 1. The first-order valence-corrected chi connectivity index (χ1v) is 8.78. The van der Waals surface area contributed by atoms with Gasteiger partial charge in [0, 0.05) is 29.9 Å². The topological polar surface area (TPSA) is 68.8 Å². The fourth-order valence-electron chi connectivity index (χ4n) is 3.98. The Labute approximate surface area is 140 Å². The van der Waals surface area contributed by atoms with Gasteiger partial charge in [-0.2, -0.15) is 5.10 Å². The van der Waals surface area contributed by atoms with E-state index in [0.29, 0.717) is 16.8 Å². The Morgan fingerprint density at radius 2 is 2.04 bits per heavy atom. The lowest BCUT2D eigenvalue weighted by atomic mass is 10.1. The van der Waals surface area contributed by atoms with Crippen LogP contribution in [0.25, 0.3) is 11.3 Å². The van der Waals surface area contributed by atoms with Crippen LogP contribution in [0.1, 0.15) is 24.5 Å². The lowest BCUT2D eigenvalue weighted by molar-refractivity contribution is 0.526. The number of nitrogens with two attached hydrogens (primary N) is 1. The predicted octanol–water partition coefficient (Wildman–Crippen LogP) is 2.52. The van der Waals surface area contributed by atoms with Crippen molar-refractivity contribution in [1.29, 1.82) is 0 Å². The molecule has 0 spiro atoms. The SMILES string of the molecule is Nc1ncc(-c2cc(C3C4CNCC43)n(CC3CC3)n2)cc1Cl. The van der Waals surface area contributed by atoms with Gasteiger partial charge < -0.3 is 11.1 Å². The van der Waals surface area contributed by atoms with Crippen LogP contribution in [0.5, 0.6) is 0 Å². The molecule has 1 aliphatic heterocycles. The van der Waals surface area contributed by atoms with E-state index in [4.69, 9.17) is 22.4 Å². The molecule has 2 aromatic rings. The molecule has 3 heterocycles. The summed E-state index contributed by atoms with van der Waals surface area (Å²) >= 11 is 6.13. The van der Waals surface area contributed by atoms with Gasteiger partial charge in [-0.05, 0) is 55.8 Å². The summed E-state index contributed by atoms with van der Waals surface area (Å²) in [7, 11) is 0. The number of halogens is 1. The number of hydrogen-bond acceptors (Lipinski definition) is 4. The molecule has 1 saturated heterocycles. The average Bonchev–Trinajstić information content (AvgIpc) is 3.38. The Morgan fingerprint density at radius 1 is 1.26 bits per heavy atom. The molecule has 0 aromatic carbocycles. The number of anilines is 1. The van der Waals surface area contributed by atoms with Gasteiger partial charge in [0.05, 0.1) is 10.7 Å². The molecule has 5 rings (SSSR count). The molecule has 2 saturated carbocycles. The summed E-state index contributed by atoms with van der Waals surface area (Å²) in [6.07, 6.45) is 4.44.